The lowest BCUT2D eigenvalue weighted by Gasteiger charge is -2.44. The second-order valence-corrected chi connectivity index (χ2v) is 14.4. The number of aliphatic carboxylic acids is 2. The molecule has 0 spiro atoms. The molecule has 6 N–H and O–H groups in total. The van der Waals surface area contributed by atoms with Gasteiger partial charge in [-0.05, 0) is 99.1 Å². The molecule has 11 nitrogen and oxygen atoms in total. The fourth-order valence-corrected chi connectivity index (χ4v) is 7.42. The summed E-state index contributed by atoms with van der Waals surface area (Å²) in [7, 11) is 0. The normalized spacial score (nSPS) is 14.4. The molecule has 1 fully saturated rings. The number of carbonyl (C=O) groups is 5. The van der Waals surface area contributed by atoms with Gasteiger partial charge in [0.15, 0.2) is 0 Å². The molecule has 0 aliphatic carbocycles. The molecule has 0 atom stereocenters. The quantitative estimate of drug-likeness (QED) is 0.0984. The maximum absolute atomic E-state index is 14.2. The number of alkyl halides is 6. The van der Waals surface area contributed by atoms with Crippen molar-refractivity contribution >= 4 is 93.5 Å². The summed E-state index contributed by atoms with van der Waals surface area (Å²) < 4.78 is 66.8. The standard InChI is InChI=1S/C26H30Br4N4O3.2C2HF3O2/c27-19-9-17(10-20(28)13-19)15-26(16-18-11-21(29)14-22(30)12-18)23(35)33(7-3-1-5-31)25(37)34(24(26)36)8-4-2-6-32;2*3-2(4,5)1(6)7/h9-14H,1-8,15-16,31-32H2;2*(H,6,7). The van der Waals surface area contributed by atoms with E-state index in [-0.39, 0.29) is 25.9 Å². The maximum atomic E-state index is 14.2. The van der Waals surface area contributed by atoms with E-state index in [1.165, 1.54) is 9.80 Å². The number of rotatable bonds is 12. The fourth-order valence-electron chi connectivity index (χ4n) is 4.64. The number of carbonyl (C=O) groups excluding carboxylic acids is 3. The van der Waals surface area contributed by atoms with Crippen LogP contribution in [0.4, 0.5) is 31.1 Å². The number of nitrogens with zero attached hydrogens (tertiary/aromatic N) is 2. The first-order chi connectivity index (χ1) is 23.5. The molecule has 284 valence electrons. The van der Waals surface area contributed by atoms with E-state index < -0.39 is 47.6 Å². The first-order valence-electron chi connectivity index (χ1n) is 14.6. The highest BCUT2D eigenvalue weighted by molar-refractivity contribution is 9.11. The number of unbranched alkanes of at least 4 members (excludes halogenated alkanes) is 2. The summed E-state index contributed by atoms with van der Waals surface area (Å²) in [6.07, 6.45) is -7.41. The Morgan fingerprint density at radius 1 is 0.608 bits per heavy atom. The Bertz CT molecular complexity index is 1410. The first kappa shape index (κ1) is 46.4. The van der Waals surface area contributed by atoms with Gasteiger partial charge in [-0.15, -0.1) is 0 Å². The van der Waals surface area contributed by atoms with Crippen LogP contribution in [-0.2, 0) is 32.0 Å². The molecular formula is C30H32Br4F6N4O7. The van der Waals surface area contributed by atoms with E-state index in [1.54, 1.807) is 0 Å². The Morgan fingerprint density at radius 2 is 0.882 bits per heavy atom. The molecule has 0 bridgehead atoms. The molecule has 1 aliphatic heterocycles. The average Bonchev–Trinajstić information content (AvgIpc) is 2.98. The second kappa shape index (κ2) is 20.6. The number of hydrogen-bond donors (Lipinski definition) is 4. The molecule has 2 aromatic rings. The van der Waals surface area contributed by atoms with Gasteiger partial charge in [0.1, 0.15) is 5.41 Å². The van der Waals surface area contributed by atoms with Crippen molar-refractivity contribution in [2.45, 2.75) is 50.9 Å². The monoisotopic (exact) mass is 990 g/mol. The zero-order valence-electron chi connectivity index (χ0n) is 26.3. The summed E-state index contributed by atoms with van der Waals surface area (Å²) in [6.45, 7) is 1.33. The van der Waals surface area contributed by atoms with Gasteiger partial charge in [-0.2, -0.15) is 26.3 Å². The third kappa shape index (κ3) is 14.8. The average molecular weight is 994 g/mol. The first-order valence-corrected chi connectivity index (χ1v) is 17.8. The molecule has 1 saturated heterocycles. The van der Waals surface area contributed by atoms with Crippen LogP contribution in [0.15, 0.2) is 54.3 Å². The Labute approximate surface area is 321 Å². The van der Waals surface area contributed by atoms with E-state index in [4.69, 9.17) is 31.3 Å². The van der Waals surface area contributed by atoms with Gasteiger partial charge in [0, 0.05) is 31.0 Å². The minimum Gasteiger partial charge on any atom is -0.475 e. The number of amides is 4. The van der Waals surface area contributed by atoms with Crippen molar-refractivity contribution in [2.75, 3.05) is 26.2 Å². The third-order valence-electron chi connectivity index (χ3n) is 6.78. The van der Waals surface area contributed by atoms with Crippen LogP contribution in [0.5, 0.6) is 0 Å². The second-order valence-electron chi connectivity index (χ2n) is 10.8. The summed E-state index contributed by atoms with van der Waals surface area (Å²) in [4.78, 5) is 62.2. The van der Waals surface area contributed by atoms with Crippen LogP contribution in [0, 0.1) is 5.41 Å². The topological polar surface area (TPSA) is 184 Å². The van der Waals surface area contributed by atoms with Crippen molar-refractivity contribution in [1.29, 1.82) is 0 Å². The molecule has 51 heavy (non-hydrogen) atoms. The molecule has 1 aliphatic rings. The molecule has 21 heteroatoms. The van der Waals surface area contributed by atoms with E-state index in [0.29, 0.717) is 38.8 Å². The van der Waals surface area contributed by atoms with Crippen LogP contribution in [0.1, 0.15) is 36.8 Å². The maximum Gasteiger partial charge on any atom is 0.490 e. The number of hydrogen-bond acceptors (Lipinski definition) is 7. The van der Waals surface area contributed by atoms with Gasteiger partial charge in [-0.25, -0.2) is 14.4 Å². The van der Waals surface area contributed by atoms with Crippen molar-refractivity contribution < 1.29 is 60.5 Å². The number of benzene rings is 2. The highest BCUT2D eigenvalue weighted by atomic mass is 79.9. The Balaban J connectivity index is 0.000000780. The van der Waals surface area contributed by atoms with Crippen molar-refractivity contribution in [3.8, 4) is 0 Å². The minimum absolute atomic E-state index is 0.140. The number of urea groups is 1. The van der Waals surface area contributed by atoms with Gasteiger partial charge in [-0.3, -0.25) is 19.4 Å². The van der Waals surface area contributed by atoms with Gasteiger partial charge in [-0.1, -0.05) is 63.7 Å². The van der Waals surface area contributed by atoms with Crippen LogP contribution < -0.4 is 11.5 Å². The minimum atomic E-state index is -5.08. The van der Waals surface area contributed by atoms with Crippen LogP contribution in [0.2, 0.25) is 0 Å². The highest BCUT2D eigenvalue weighted by Gasteiger charge is 2.57. The number of halogens is 10. The van der Waals surface area contributed by atoms with Crippen LogP contribution >= 0.6 is 63.7 Å². The molecule has 0 unspecified atom stereocenters. The van der Waals surface area contributed by atoms with Gasteiger partial charge in [0.25, 0.3) is 0 Å². The zero-order chi connectivity index (χ0) is 39.3. The van der Waals surface area contributed by atoms with Gasteiger partial charge >= 0.3 is 30.3 Å². The largest absolute Gasteiger partial charge is 0.490 e. The van der Waals surface area contributed by atoms with E-state index in [1.807, 2.05) is 36.4 Å². The highest BCUT2D eigenvalue weighted by Crippen LogP contribution is 2.39. The van der Waals surface area contributed by atoms with Crippen LogP contribution in [0.3, 0.4) is 0 Å². The molecule has 0 aromatic heterocycles. The number of barbiturate groups is 1. The van der Waals surface area contributed by atoms with E-state index in [0.717, 1.165) is 29.0 Å². The lowest BCUT2D eigenvalue weighted by atomic mass is 9.72. The molecule has 2 aromatic carbocycles. The molecule has 3 rings (SSSR count). The number of carboxylic acid groups (broad SMARTS) is 2. The molecule has 4 amide bonds. The summed E-state index contributed by atoms with van der Waals surface area (Å²) in [5.74, 6) is -6.46. The molecule has 1 heterocycles. The van der Waals surface area contributed by atoms with Gasteiger partial charge in [0.05, 0.1) is 0 Å². The smallest absolute Gasteiger partial charge is 0.475 e. The Kier molecular flexibility index (Phi) is 18.8. The van der Waals surface area contributed by atoms with Gasteiger partial charge < -0.3 is 21.7 Å². The summed E-state index contributed by atoms with van der Waals surface area (Å²) in [5, 5.41) is 14.2. The van der Waals surface area contributed by atoms with Crippen LogP contribution in [0.25, 0.3) is 0 Å². The van der Waals surface area contributed by atoms with Crippen molar-refractivity contribution in [3.63, 3.8) is 0 Å². The molecule has 0 saturated carbocycles. The summed E-state index contributed by atoms with van der Waals surface area (Å²) in [5.41, 5.74) is 11.5. The predicted molar refractivity (Wildman–Crippen MR) is 186 cm³/mol. The molecule has 0 radical (unpaired) electrons. The Hall–Kier alpha value is -2.59. The SMILES string of the molecule is NCCCCN1C(=O)N(CCCCN)C(=O)C(Cc2cc(Br)cc(Br)c2)(Cc2cc(Br)cc(Br)c2)C1=O.O=C(O)C(F)(F)F.O=C(O)C(F)(F)F. The number of imide groups is 2. The fraction of sp³-hybridized carbons (Fsp3) is 0.433. The lowest BCUT2D eigenvalue weighted by Crippen LogP contribution is -2.66. The predicted octanol–water partition coefficient (Wildman–Crippen LogP) is 7.04. The van der Waals surface area contributed by atoms with Crippen molar-refractivity contribution in [1.82, 2.24) is 9.80 Å². The van der Waals surface area contributed by atoms with Crippen molar-refractivity contribution in [2.24, 2.45) is 16.9 Å². The van der Waals surface area contributed by atoms with Crippen LogP contribution in [-0.4, -0.2) is 88.3 Å². The zero-order valence-corrected chi connectivity index (χ0v) is 32.6. The summed E-state index contributed by atoms with van der Waals surface area (Å²) in [6, 6.07) is 10.8. The van der Waals surface area contributed by atoms with E-state index in [9.17, 15) is 40.7 Å². The van der Waals surface area contributed by atoms with E-state index >= 15 is 0 Å². The Morgan fingerprint density at radius 3 is 1.12 bits per heavy atom. The third-order valence-corrected chi connectivity index (χ3v) is 8.62. The lowest BCUT2D eigenvalue weighted by molar-refractivity contribution is -0.193. The van der Waals surface area contributed by atoms with E-state index in [2.05, 4.69) is 63.7 Å². The molecular weight excluding hydrogens is 962 g/mol. The number of nitrogens with two attached hydrogens (primary N) is 2. The van der Waals surface area contributed by atoms with Crippen molar-refractivity contribution in [3.05, 3.63) is 65.4 Å². The van der Waals surface area contributed by atoms with Gasteiger partial charge in [0.2, 0.25) is 11.8 Å². The number of carboxylic acids is 2. The summed E-state index contributed by atoms with van der Waals surface area (Å²) >= 11 is 14.1.